The molecule has 0 bridgehead atoms. The van der Waals surface area contributed by atoms with Gasteiger partial charge in [-0.1, -0.05) is 17.7 Å². The van der Waals surface area contributed by atoms with E-state index in [1.165, 1.54) is 0 Å². The number of benzene rings is 1. The highest BCUT2D eigenvalue weighted by Crippen LogP contribution is 2.20. The molecule has 11 heteroatoms. The van der Waals surface area contributed by atoms with E-state index in [9.17, 15) is 14.4 Å². The zero-order valence-corrected chi connectivity index (χ0v) is 20.8. The number of nitrogens with one attached hydrogen (secondary N) is 1. The predicted octanol–water partition coefficient (Wildman–Crippen LogP) is 3.23. The van der Waals surface area contributed by atoms with Crippen LogP contribution in [0.3, 0.4) is 0 Å². The number of carbonyl (C=O) groups is 3. The number of primary amides is 1. The van der Waals surface area contributed by atoms with E-state index in [4.69, 9.17) is 37.9 Å². The van der Waals surface area contributed by atoms with E-state index in [1.54, 1.807) is 72.7 Å². The lowest BCUT2D eigenvalue weighted by molar-refractivity contribution is -0.323. The Hall–Kier alpha value is -2.66. The summed E-state index contributed by atoms with van der Waals surface area (Å²) >= 11 is 5.72. The summed E-state index contributed by atoms with van der Waals surface area (Å²) in [5, 5.41) is 9.31. The molecule has 186 valence electrons. The number of aliphatic carboxylic acids is 1. The molecular weight excluding hydrogens is 454 g/mol. The fourth-order valence-corrected chi connectivity index (χ4v) is 1.98. The van der Waals surface area contributed by atoms with Crippen molar-refractivity contribution in [3.05, 3.63) is 34.4 Å². The SMILES string of the molecule is CC(=Cc1ccc(Cl)cc1N)C(N)=O.CC(C)(C)ON[C@@H](CC(=O)O)C(=O)OOC(C)(C)C. The van der Waals surface area contributed by atoms with Crippen LogP contribution in [0.1, 0.15) is 60.5 Å². The average molecular weight is 488 g/mol. The quantitative estimate of drug-likeness (QED) is 0.186. The summed E-state index contributed by atoms with van der Waals surface area (Å²) in [6.45, 7) is 12.0. The lowest BCUT2D eigenvalue weighted by atomic mass is 10.1. The highest BCUT2D eigenvalue weighted by molar-refractivity contribution is 6.30. The lowest BCUT2D eigenvalue weighted by Crippen LogP contribution is -2.44. The topological polar surface area (TPSA) is 163 Å². The zero-order chi connectivity index (χ0) is 26.0. The molecule has 0 saturated carbocycles. The van der Waals surface area contributed by atoms with Gasteiger partial charge in [-0.2, -0.15) is 10.4 Å². The normalized spacial score (nSPS) is 12.9. The fourth-order valence-electron chi connectivity index (χ4n) is 1.80. The van der Waals surface area contributed by atoms with Gasteiger partial charge in [0, 0.05) is 16.3 Å². The highest BCUT2D eigenvalue weighted by atomic mass is 35.5. The maximum Gasteiger partial charge on any atom is 0.362 e. The molecule has 1 aromatic carbocycles. The number of anilines is 1. The summed E-state index contributed by atoms with van der Waals surface area (Å²) < 4.78 is 0. The van der Waals surface area contributed by atoms with Crippen LogP contribution in [0.2, 0.25) is 5.02 Å². The van der Waals surface area contributed by atoms with Crippen LogP contribution in [0, 0.1) is 0 Å². The molecule has 0 aliphatic rings. The van der Waals surface area contributed by atoms with Crippen molar-refractivity contribution in [2.24, 2.45) is 5.73 Å². The minimum Gasteiger partial charge on any atom is -0.481 e. The Morgan fingerprint density at radius 2 is 1.73 bits per heavy atom. The molecule has 0 saturated heterocycles. The van der Waals surface area contributed by atoms with Gasteiger partial charge < -0.3 is 16.6 Å². The Morgan fingerprint density at radius 1 is 1.15 bits per heavy atom. The number of hydroxylamine groups is 1. The molecule has 1 rings (SSSR count). The van der Waals surface area contributed by atoms with Crippen molar-refractivity contribution < 1.29 is 34.1 Å². The van der Waals surface area contributed by atoms with Crippen LogP contribution >= 0.6 is 11.6 Å². The molecule has 1 aromatic rings. The third-order valence-corrected chi connectivity index (χ3v) is 3.59. The van der Waals surface area contributed by atoms with Crippen LogP contribution in [-0.2, 0) is 29.0 Å². The van der Waals surface area contributed by atoms with Gasteiger partial charge >= 0.3 is 11.9 Å². The van der Waals surface area contributed by atoms with Gasteiger partial charge in [0.2, 0.25) is 5.91 Å². The molecule has 1 amide bonds. The van der Waals surface area contributed by atoms with Crippen molar-refractivity contribution in [2.75, 3.05) is 5.73 Å². The minimum atomic E-state index is -1.15. The number of amides is 1. The predicted molar refractivity (Wildman–Crippen MR) is 126 cm³/mol. The van der Waals surface area contributed by atoms with Crippen molar-refractivity contribution in [2.45, 2.75) is 72.1 Å². The molecular formula is C22H34ClN3O7. The van der Waals surface area contributed by atoms with E-state index in [0.29, 0.717) is 16.3 Å². The standard InChI is InChI=1S/C12H23NO6.C10H11ClN2O/c1-11(2,3)18-13-8(7-9(14)15)10(16)17-19-12(4,5)6;1-6(10(13)14)4-7-2-3-8(11)5-9(7)12/h8,13H,7H2,1-6H3,(H,14,15);2-5H,12H2,1H3,(H2,13,14)/t8-;/m0./s1. The molecule has 0 spiro atoms. The maximum absolute atomic E-state index is 11.7. The molecule has 1 atom stereocenters. The van der Waals surface area contributed by atoms with E-state index in [1.807, 2.05) is 0 Å². The third kappa shape index (κ3) is 14.9. The number of hydrogen-bond acceptors (Lipinski definition) is 8. The second-order valence-corrected chi connectivity index (χ2v) is 9.48. The largest absolute Gasteiger partial charge is 0.481 e. The molecule has 10 nitrogen and oxygen atoms in total. The molecule has 0 radical (unpaired) electrons. The molecule has 6 N–H and O–H groups in total. The first kappa shape index (κ1) is 30.3. The summed E-state index contributed by atoms with van der Waals surface area (Å²) in [7, 11) is 0. The first-order chi connectivity index (χ1) is 14.9. The van der Waals surface area contributed by atoms with Gasteiger partial charge in [0.15, 0.2) is 0 Å². The Kier molecular flexibility index (Phi) is 12.1. The molecule has 0 unspecified atom stereocenters. The van der Waals surface area contributed by atoms with Crippen LogP contribution in [0.5, 0.6) is 0 Å². The van der Waals surface area contributed by atoms with E-state index in [-0.39, 0.29) is 0 Å². The van der Waals surface area contributed by atoms with E-state index >= 15 is 0 Å². The number of carbonyl (C=O) groups excluding carboxylic acids is 2. The van der Waals surface area contributed by atoms with Gasteiger partial charge in [0.1, 0.15) is 11.6 Å². The summed E-state index contributed by atoms with van der Waals surface area (Å²) in [6, 6.07) is 3.93. The first-order valence-electron chi connectivity index (χ1n) is 9.99. The van der Waals surface area contributed by atoms with Gasteiger partial charge in [-0.05, 0) is 72.2 Å². The zero-order valence-electron chi connectivity index (χ0n) is 20.0. The van der Waals surface area contributed by atoms with Crippen LogP contribution in [-0.4, -0.2) is 40.2 Å². The maximum atomic E-state index is 11.7. The molecule has 33 heavy (non-hydrogen) atoms. The van der Waals surface area contributed by atoms with Crippen molar-refractivity contribution >= 4 is 41.2 Å². The molecule has 0 aliphatic heterocycles. The number of hydrogen-bond donors (Lipinski definition) is 4. The first-order valence-corrected chi connectivity index (χ1v) is 10.4. The minimum absolute atomic E-state index is 0.457. The number of carboxylic acids is 1. The van der Waals surface area contributed by atoms with Crippen molar-refractivity contribution in [1.29, 1.82) is 0 Å². The van der Waals surface area contributed by atoms with Crippen LogP contribution in [0.25, 0.3) is 6.08 Å². The second kappa shape index (κ2) is 13.1. The van der Waals surface area contributed by atoms with E-state index in [2.05, 4.69) is 10.4 Å². The molecule has 0 aliphatic carbocycles. The van der Waals surface area contributed by atoms with Crippen molar-refractivity contribution in [3.63, 3.8) is 0 Å². The van der Waals surface area contributed by atoms with Gasteiger partial charge in [-0.25, -0.2) is 4.79 Å². The van der Waals surface area contributed by atoms with Crippen molar-refractivity contribution in [3.8, 4) is 0 Å². The smallest absolute Gasteiger partial charge is 0.362 e. The number of rotatable bonds is 8. The molecule has 0 heterocycles. The average Bonchev–Trinajstić information content (AvgIpc) is 2.64. The fraction of sp³-hybridized carbons (Fsp3) is 0.500. The lowest BCUT2D eigenvalue weighted by Gasteiger charge is -2.24. The number of halogens is 1. The Balaban J connectivity index is 0.000000647. The van der Waals surface area contributed by atoms with Gasteiger partial charge in [0.05, 0.1) is 12.0 Å². The van der Waals surface area contributed by atoms with E-state index < -0.39 is 41.5 Å². The monoisotopic (exact) mass is 487 g/mol. The van der Waals surface area contributed by atoms with E-state index in [0.717, 1.165) is 5.56 Å². The number of nitrogen functional groups attached to an aromatic ring is 1. The summed E-state index contributed by atoms with van der Waals surface area (Å²) in [4.78, 5) is 47.8. The van der Waals surface area contributed by atoms with Gasteiger partial charge in [-0.3, -0.25) is 19.3 Å². The number of carboxylic acid groups (broad SMARTS) is 1. The third-order valence-electron chi connectivity index (χ3n) is 3.35. The Labute approximate surface area is 199 Å². The molecule has 0 aromatic heterocycles. The highest BCUT2D eigenvalue weighted by Gasteiger charge is 2.28. The Bertz CT molecular complexity index is 859. The summed E-state index contributed by atoms with van der Waals surface area (Å²) in [5.41, 5.74) is 13.7. The van der Waals surface area contributed by atoms with Gasteiger partial charge in [0.25, 0.3) is 0 Å². The molecule has 0 fully saturated rings. The summed E-state index contributed by atoms with van der Waals surface area (Å²) in [5.74, 6) is -2.45. The van der Waals surface area contributed by atoms with Crippen LogP contribution < -0.4 is 16.9 Å². The van der Waals surface area contributed by atoms with Crippen LogP contribution in [0.4, 0.5) is 5.69 Å². The summed E-state index contributed by atoms with van der Waals surface area (Å²) in [6.07, 6.45) is 1.16. The number of nitrogens with two attached hydrogens (primary N) is 2. The van der Waals surface area contributed by atoms with Crippen molar-refractivity contribution in [1.82, 2.24) is 5.48 Å². The second-order valence-electron chi connectivity index (χ2n) is 9.05. The van der Waals surface area contributed by atoms with Gasteiger partial charge in [-0.15, -0.1) is 0 Å². The Morgan fingerprint density at radius 3 is 2.15 bits per heavy atom. The van der Waals surface area contributed by atoms with Crippen LogP contribution in [0.15, 0.2) is 23.8 Å².